The maximum atomic E-state index is 13.4. The number of hydrogen-bond acceptors (Lipinski definition) is 2. The second kappa shape index (κ2) is 3.83. The van der Waals surface area contributed by atoms with E-state index in [2.05, 4.69) is 22.6 Å². The lowest BCUT2D eigenvalue weighted by Gasteiger charge is -2.00. The molecule has 2 aromatic rings. The molecule has 0 atom stereocenters. The van der Waals surface area contributed by atoms with Crippen LogP contribution in [0.4, 0.5) is 4.39 Å². The van der Waals surface area contributed by atoms with E-state index < -0.39 is 0 Å². The zero-order chi connectivity index (χ0) is 10.1. The summed E-state index contributed by atoms with van der Waals surface area (Å²) in [6.45, 7) is 0. The largest absolute Gasteiger partial charge is 0.207 e. The van der Waals surface area contributed by atoms with Gasteiger partial charge in [0.2, 0.25) is 0 Å². The van der Waals surface area contributed by atoms with Crippen LogP contribution in [0.5, 0.6) is 0 Å². The van der Waals surface area contributed by atoms with Crippen LogP contribution in [0, 0.1) is 20.7 Å². The molecular weight excluding hydrogens is 312 g/mol. The van der Waals surface area contributed by atoms with Gasteiger partial charge in [-0.25, -0.2) is 4.39 Å². The predicted octanol–water partition coefficient (Wildman–Crippen LogP) is 3.71. The Balaban J connectivity index is 2.81. The van der Waals surface area contributed by atoms with E-state index in [0.29, 0.717) is 5.56 Å². The third-order valence-electron chi connectivity index (χ3n) is 2.00. The van der Waals surface area contributed by atoms with Gasteiger partial charge in [-0.1, -0.05) is 0 Å². The first kappa shape index (κ1) is 9.87. The summed E-state index contributed by atoms with van der Waals surface area (Å²) in [5, 5.41) is 11.5. The van der Waals surface area contributed by atoms with Gasteiger partial charge >= 0.3 is 0 Å². The van der Waals surface area contributed by atoms with Crippen LogP contribution in [-0.4, -0.2) is 0 Å². The van der Waals surface area contributed by atoms with Crippen LogP contribution in [0.1, 0.15) is 5.56 Å². The van der Waals surface area contributed by atoms with Gasteiger partial charge in [0.05, 0.1) is 12.5 Å². The Morgan fingerprint density at radius 3 is 3.00 bits per heavy atom. The van der Waals surface area contributed by atoms with Crippen LogP contribution in [0.15, 0.2) is 17.5 Å². The summed E-state index contributed by atoms with van der Waals surface area (Å²) in [4.78, 5) is 0. The molecule has 0 aliphatic rings. The van der Waals surface area contributed by atoms with Crippen LogP contribution in [-0.2, 0) is 6.42 Å². The molecule has 1 aromatic carbocycles. The molecule has 0 fully saturated rings. The summed E-state index contributed by atoms with van der Waals surface area (Å²) in [7, 11) is 0. The Bertz CT molecular complexity index is 527. The van der Waals surface area contributed by atoms with Crippen molar-refractivity contribution in [3.05, 3.63) is 32.5 Å². The first-order chi connectivity index (χ1) is 6.74. The fraction of sp³-hybridized carbons (Fsp3) is 0.100. The Morgan fingerprint density at radius 1 is 1.50 bits per heavy atom. The zero-order valence-electron chi connectivity index (χ0n) is 7.05. The van der Waals surface area contributed by atoms with E-state index in [0.717, 1.165) is 13.7 Å². The molecule has 0 aliphatic carbocycles. The van der Waals surface area contributed by atoms with E-state index in [4.69, 9.17) is 5.26 Å². The molecular formula is C10H5FINS. The standard InChI is InChI=1S/C10H5FINS/c11-7-1-2-9-10(6(7)3-4-13)8(12)5-14-9/h1-2,5H,3H2. The van der Waals surface area contributed by atoms with Crippen molar-refractivity contribution in [1.82, 2.24) is 0 Å². The van der Waals surface area contributed by atoms with Gasteiger partial charge in [-0.05, 0) is 34.7 Å². The normalized spacial score (nSPS) is 10.4. The molecule has 0 aliphatic heterocycles. The molecule has 0 amide bonds. The molecule has 0 spiro atoms. The molecule has 1 heterocycles. The highest BCUT2D eigenvalue weighted by atomic mass is 127. The fourth-order valence-corrected chi connectivity index (χ4v) is 3.41. The van der Waals surface area contributed by atoms with Crippen molar-refractivity contribution in [3.63, 3.8) is 0 Å². The Morgan fingerprint density at radius 2 is 2.29 bits per heavy atom. The third-order valence-corrected chi connectivity index (χ3v) is 4.22. The minimum atomic E-state index is -0.282. The van der Waals surface area contributed by atoms with Gasteiger partial charge < -0.3 is 0 Å². The average Bonchev–Trinajstić information content (AvgIpc) is 2.53. The van der Waals surface area contributed by atoms with Crippen molar-refractivity contribution in [3.8, 4) is 6.07 Å². The molecule has 1 aromatic heterocycles. The van der Waals surface area contributed by atoms with Crippen molar-refractivity contribution in [1.29, 1.82) is 5.26 Å². The molecule has 2 rings (SSSR count). The van der Waals surface area contributed by atoms with Crippen molar-refractivity contribution in [2.75, 3.05) is 0 Å². The third kappa shape index (κ3) is 1.51. The minimum absolute atomic E-state index is 0.135. The van der Waals surface area contributed by atoms with Gasteiger partial charge in [0.25, 0.3) is 0 Å². The first-order valence-electron chi connectivity index (χ1n) is 3.95. The Kier molecular flexibility index (Phi) is 2.70. The number of halogens is 2. The molecule has 0 N–H and O–H groups in total. The highest BCUT2D eigenvalue weighted by Gasteiger charge is 2.11. The van der Waals surface area contributed by atoms with E-state index in [1.807, 2.05) is 11.4 Å². The van der Waals surface area contributed by atoms with Crippen LogP contribution >= 0.6 is 33.9 Å². The van der Waals surface area contributed by atoms with Gasteiger partial charge in [-0.2, -0.15) is 5.26 Å². The molecule has 0 radical (unpaired) electrons. The maximum absolute atomic E-state index is 13.4. The number of thiophene rings is 1. The number of nitrogens with zero attached hydrogens (tertiary/aromatic N) is 1. The van der Waals surface area contributed by atoms with Crippen LogP contribution < -0.4 is 0 Å². The van der Waals surface area contributed by atoms with E-state index in [1.54, 1.807) is 17.4 Å². The monoisotopic (exact) mass is 317 g/mol. The predicted molar refractivity (Wildman–Crippen MR) is 63.8 cm³/mol. The average molecular weight is 317 g/mol. The van der Waals surface area contributed by atoms with E-state index >= 15 is 0 Å². The molecule has 70 valence electrons. The maximum Gasteiger partial charge on any atom is 0.128 e. The summed E-state index contributed by atoms with van der Waals surface area (Å²) in [5.74, 6) is -0.282. The van der Waals surface area contributed by atoms with Crippen LogP contribution in [0.25, 0.3) is 10.1 Å². The molecule has 14 heavy (non-hydrogen) atoms. The van der Waals surface area contributed by atoms with Crippen molar-refractivity contribution in [2.45, 2.75) is 6.42 Å². The van der Waals surface area contributed by atoms with E-state index in [1.165, 1.54) is 6.07 Å². The fourth-order valence-electron chi connectivity index (χ4n) is 1.39. The second-order valence-corrected chi connectivity index (χ2v) is 4.89. The summed E-state index contributed by atoms with van der Waals surface area (Å²) in [6, 6.07) is 5.19. The SMILES string of the molecule is N#CCc1c(F)ccc2scc(I)c12. The molecule has 0 bridgehead atoms. The van der Waals surface area contributed by atoms with Gasteiger partial charge in [-0.15, -0.1) is 11.3 Å². The minimum Gasteiger partial charge on any atom is -0.207 e. The lowest BCUT2D eigenvalue weighted by Crippen LogP contribution is -1.89. The van der Waals surface area contributed by atoms with Crippen molar-refractivity contribution < 1.29 is 4.39 Å². The quantitative estimate of drug-likeness (QED) is 0.736. The lowest BCUT2D eigenvalue weighted by atomic mass is 10.1. The first-order valence-corrected chi connectivity index (χ1v) is 5.91. The molecule has 0 unspecified atom stereocenters. The summed E-state index contributed by atoms with van der Waals surface area (Å²) in [6.07, 6.45) is 0.135. The summed E-state index contributed by atoms with van der Waals surface area (Å²) >= 11 is 3.75. The van der Waals surface area contributed by atoms with E-state index in [-0.39, 0.29) is 12.2 Å². The Hall–Kier alpha value is -0.670. The highest BCUT2D eigenvalue weighted by Crippen LogP contribution is 2.31. The van der Waals surface area contributed by atoms with Gasteiger partial charge in [0, 0.05) is 24.6 Å². The number of benzene rings is 1. The number of nitriles is 1. The smallest absolute Gasteiger partial charge is 0.128 e. The van der Waals surface area contributed by atoms with E-state index in [9.17, 15) is 4.39 Å². The number of fused-ring (bicyclic) bond motifs is 1. The highest BCUT2D eigenvalue weighted by molar-refractivity contribution is 14.1. The Labute approximate surface area is 98.3 Å². The van der Waals surface area contributed by atoms with Gasteiger partial charge in [0.1, 0.15) is 5.82 Å². The zero-order valence-corrected chi connectivity index (χ0v) is 10.0. The second-order valence-electron chi connectivity index (χ2n) is 2.82. The molecule has 4 heteroatoms. The van der Waals surface area contributed by atoms with Gasteiger partial charge in [-0.3, -0.25) is 0 Å². The summed E-state index contributed by atoms with van der Waals surface area (Å²) in [5.41, 5.74) is 0.524. The molecule has 1 nitrogen and oxygen atoms in total. The van der Waals surface area contributed by atoms with Gasteiger partial charge in [0.15, 0.2) is 0 Å². The summed E-state index contributed by atoms with van der Waals surface area (Å²) < 4.78 is 15.5. The molecule has 0 saturated heterocycles. The van der Waals surface area contributed by atoms with Crippen molar-refractivity contribution in [2.24, 2.45) is 0 Å². The van der Waals surface area contributed by atoms with Crippen LogP contribution in [0.2, 0.25) is 0 Å². The number of hydrogen-bond donors (Lipinski definition) is 0. The molecule has 0 saturated carbocycles. The van der Waals surface area contributed by atoms with Crippen LogP contribution in [0.3, 0.4) is 0 Å². The topological polar surface area (TPSA) is 23.8 Å². The van der Waals surface area contributed by atoms with Crippen molar-refractivity contribution >= 4 is 44.0 Å². The number of rotatable bonds is 1. The lowest BCUT2D eigenvalue weighted by molar-refractivity contribution is 0.618.